The molecule has 0 aliphatic carbocycles. The van der Waals surface area contributed by atoms with Crippen LogP contribution in [0.25, 0.3) is 0 Å². The smallest absolute Gasteiger partial charge is 0.340 e. The van der Waals surface area contributed by atoms with Crippen LogP contribution in [0.1, 0.15) is 36.8 Å². The fourth-order valence-electron chi connectivity index (χ4n) is 2.72. The molecule has 1 aliphatic heterocycles. The van der Waals surface area contributed by atoms with Gasteiger partial charge in [-0.2, -0.15) is 0 Å². The molecule has 0 saturated carbocycles. The van der Waals surface area contributed by atoms with Crippen LogP contribution in [0.2, 0.25) is 0 Å². The maximum Gasteiger partial charge on any atom is 0.340 e. The summed E-state index contributed by atoms with van der Waals surface area (Å²) in [5.74, 6) is -1.79. The number of carbonyl (C=O) groups is 1. The van der Waals surface area contributed by atoms with Crippen LogP contribution < -0.4 is 15.9 Å². The Kier molecular flexibility index (Phi) is 4.77. The highest BCUT2D eigenvalue weighted by Gasteiger charge is 2.39. The van der Waals surface area contributed by atoms with E-state index in [0.29, 0.717) is 5.56 Å². The molecule has 8 heteroatoms. The van der Waals surface area contributed by atoms with Gasteiger partial charge >= 0.3 is 5.97 Å². The van der Waals surface area contributed by atoms with Crippen molar-refractivity contribution in [2.75, 3.05) is 0 Å². The van der Waals surface area contributed by atoms with Crippen LogP contribution in [-0.2, 0) is 16.1 Å². The third-order valence-electron chi connectivity index (χ3n) is 3.75. The number of ether oxygens (including phenoxy) is 2. The molecule has 0 bridgehead atoms. The molecule has 0 fully saturated rings. The molecule has 0 radical (unpaired) electrons. The van der Waals surface area contributed by atoms with E-state index in [-0.39, 0.29) is 34.8 Å². The average Bonchev–Trinajstić information content (AvgIpc) is 2.61. The molecule has 1 unspecified atom stereocenters. The van der Waals surface area contributed by atoms with Gasteiger partial charge in [0, 0.05) is 18.5 Å². The number of aromatic nitrogens is 1. The first-order valence-corrected chi connectivity index (χ1v) is 7.98. The van der Waals surface area contributed by atoms with E-state index in [2.05, 4.69) is 4.98 Å². The van der Waals surface area contributed by atoms with Crippen molar-refractivity contribution in [3.63, 3.8) is 0 Å². The first kappa shape index (κ1) is 17.7. The van der Waals surface area contributed by atoms with Crippen molar-refractivity contribution >= 4 is 5.97 Å². The van der Waals surface area contributed by atoms with Crippen LogP contribution >= 0.6 is 0 Å². The number of hydrogen-bond donors (Lipinski definition) is 2. The van der Waals surface area contributed by atoms with Crippen LogP contribution in [-0.4, -0.2) is 22.2 Å². The molecule has 3 N–H and O–H groups in total. The van der Waals surface area contributed by atoms with E-state index < -0.39 is 23.9 Å². The van der Waals surface area contributed by atoms with E-state index in [1.807, 2.05) is 0 Å². The number of pyridine rings is 1. The standard InChI is InChI=1S/C18H18N2O6/c1-9(2)24-18(23)14-13(10-4-3-5-20-7-10)16-15(26-17(14)19)12(22)6-11(8-21)25-16/h3-7,9,13,21H,8,19H2,1-2H3. The Hall–Kier alpha value is -3.13. The van der Waals surface area contributed by atoms with Crippen molar-refractivity contribution in [2.45, 2.75) is 32.5 Å². The van der Waals surface area contributed by atoms with Crippen molar-refractivity contribution in [3.8, 4) is 5.75 Å². The first-order valence-electron chi connectivity index (χ1n) is 7.98. The Morgan fingerprint density at radius 2 is 2.23 bits per heavy atom. The van der Waals surface area contributed by atoms with Crippen LogP contribution in [0.15, 0.2) is 51.3 Å². The fourth-order valence-corrected chi connectivity index (χ4v) is 2.72. The predicted molar refractivity (Wildman–Crippen MR) is 90.1 cm³/mol. The number of nitrogens with zero attached hydrogens (tertiary/aromatic N) is 1. The molecule has 26 heavy (non-hydrogen) atoms. The lowest BCUT2D eigenvalue weighted by atomic mass is 9.87. The zero-order valence-corrected chi connectivity index (χ0v) is 14.3. The summed E-state index contributed by atoms with van der Waals surface area (Å²) in [6.07, 6.45) is 2.72. The molecule has 1 atom stereocenters. The monoisotopic (exact) mass is 358 g/mol. The molecule has 0 spiro atoms. The first-order chi connectivity index (χ1) is 12.4. The Morgan fingerprint density at radius 3 is 2.85 bits per heavy atom. The molecule has 0 amide bonds. The van der Waals surface area contributed by atoms with E-state index in [0.717, 1.165) is 6.07 Å². The Morgan fingerprint density at radius 1 is 1.46 bits per heavy atom. The second-order valence-electron chi connectivity index (χ2n) is 5.98. The molecular formula is C18H18N2O6. The Balaban J connectivity index is 2.24. The minimum Gasteiger partial charge on any atom is -0.459 e. The highest BCUT2D eigenvalue weighted by molar-refractivity contribution is 5.92. The zero-order chi connectivity index (χ0) is 18.8. The van der Waals surface area contributed by atoms with Crippen molar-refractivity contribution in [1.29, 1.82) is 0 Å². The number of fused-ring (bicyclic) bond motifs is 1. The van der Waals surface area contributed by atoms with Crippen molar-refractivity contribution < 1.29 is 23.8 Å². The van der Waals surface area contributed by atoms with Gasteiger partial charge in [0.25, 0.3) is 0 Å². The number of rotatable bonds is 4. The number of aliphatic hydroxyl groups is 1. The van der Waals surface area contributed by atoms with E-state index in [1.54, 1.807) is 32.2 Å². The molecule has 8 nitrogen and oxygen atoms in total. The lowest BCUT2D eigenvalue weighted by molar-refractivity contribution is -0.143. The largest absolute Gasteiger partial charge is 0.459 e. The molecule has 1 aliphatic rings. The molecule has 3 heterocycles. The van der Waals surface area contributed by atoms with Gasteiger partial charge in [0.2, 0.25) is 17.1 Å². The lowest BCUT2D eigenvalue weighted by Gasteiger charge is -2.27. The average molecular weight is 358 g/mol. The van der Waals surface area contributed by atoms with Gasteiger partial charge in [-0.15, -0.1) is 0 Å². The predicted octanol–water partition coefficient (Wildman–Crippen LogP) is 1.17. The number of carbonyl (C=O) groups excluding carboxylic acids is 1. The van der Waals surface area contributed by atoms with Gasteiger partial charge in [0.15, 0.2) is 5.76 Å². The quantitative estimate of drug-likeness (QED) is 0.781. The number of nitrogens with two attached hydrogens (primary N) is 1. The van der Waals surface area contributed by atoms with E-state index in [9.17, 15) is 14.7 Å². The number of esters is 1. The summed E-state index contributed by atoms with van der Waals surface area (Å²) in [5, 5.41) is 9.35. The van der Waals surface area contributed by atoms with Gasteiger partial charge in [-0.3, -0.25) is 9.78 Å². The molecule has 136 valence electrons. The molecule has 2 aromatic rings. The lowest BCUT2D eigenvalue weighted by Crippen LogP contribution is -2.31. The summed E-state index contributed by atoms with van der Waals surface area (Å²) in [7, 11) is 0. The summed E-state index contributed by atoms with van der Waals surface area (Å²) < 4.78 is 16.3. The third kappa shape index (κ3) is 3.18. The molecule has 0 saturated heterocycles. The van der Waals surface area contributed by atoms with Gasteiger partial charge in [-0.1, -0.05) is 6.07 Å². The van der Waals surface area contributed by atoms with Crippen LogP contribution in [0, 0.1) is 0 Å². The highest BCUT2D eigenvalue weighted by atomic mass is 16.5. The van der Waals surface area contributed by atoms with Gasteiger partial charge in [0.05, 0.1) is 12.0 Å². The van der Waals surface area contributed by atoms with Crippen molar-refractivity contribution in [2.24, 2.45) is 5.73 Å². The number of hydrogen-bond acceptors (Lipinski definition) is 8. The van der Waals surface area contributed by atoms with E-state index in [4.69, 9.17) is 19.6 Å². The molecule has 0 aromatic carbocycles. The minimum atomic E-state index is -0.849. The molecular weight excluding hydrogens is 340 g/mol. The second-order valence-corrected chi connectivity index (χ2v) is 5.98. The van der Waals surface area contributed by atoms with Crippen LogP contribution in [0.4, 0.5) is 0 Å². The van der Waals surface area contributed by atoms with Gasteiger partial charge < -0.3 is 24.7 Å². The summed E-state index contributed by atoms with van der Waals surface area (Å²) >= 11 is 0. The summed E-state index contributed by atoms with van der Waals surface area (Å²) in [6.45, 7) is 2.93. The summed E-state index contributed by atoms with van der Waals surface area (Å²) in [6, 6.07) is 4.51. The van der Waals surface area contributed by atoms with Crippen molar-refractivity contribution in [1.82, 2.24) is 4.98 Å². The molecule has 2 aromatic heterocycles. The van der Waals surface area contributed by atoms with Gasteiger partial charge in [-0.05, 0) is 25.5 Å². The summed E-state index contributed by atoms with van der Waals surface area (Å²) in [5.41, 5.74) is 6.01. The Labute approximate surface area is 148 Å². The maximum absolute atomic E-state index is 12.6. The second kappa shape index (κ2) is 7.01. The van der Waals surface area contributed by atoms with Crippen LogP contribution in [0.5, 0.6) is 5.75 Å². The van der Waals surface area contributed by atoms with E-state index >= 15 is 0 Å². The summed E-state index contributed by atoms with van der Waals surface area (Å²) in [4.78, 5) is 29.0. The molecule has 3 rings (SSSR count). The van der Waals surface area contributed by atoms with Crippen molar-refractivity contribution in [3.05, 3.63) is 69.4 Å². The fraction of sp³-hybridized carbons (Fsp3) is 0.278. The normalized spacial score (nSPS) is 16.2. The Bertz CT molecular complexity index is 917. The van der Waals surface area contributed by atoms with Crippen LogP contribution in [0.3, 0.4) is 0 Å². The van der Waals surface area contributed by atoms with E-state index in [1.165, 1.54) is 6.20 Å². The third-order valence-corrected chi connectivity index (χ3v) is 3.75. The number of aliphatic hydroxyl groups excluding tert-OH is 1. The SMILES string of the molecule is CC(C)OC(=O)C1=C(N)Oc2c(oc(CO)cc2=O)C1c1cccnc1. The topological polar surface area (TPSA) is 125 Å². The minimum absolute atomic E-state index is 0.0115. The zero-order valence-electron chi connectivity index (χ0n) is 14.3. The van der Waals surface area contributed by atoms with Gasteiger partial charge in [0.1, 0.15) is 17.9 Å². The highest BCUT2D eigenvalue weighted by Crippen LogP contribution is 2.41. The maximum atomic E-state index is 12.6. The van der Waals surface area contributed by atoms with Gasteiger partial charge in [-0.25, -0.2) is 4.79 Å².